The minimum absolute atomic E-state index is 0.0368. The van der Waals surface area contributed by atoms with Crippen LogP contribution in [0.4, 0.5) is 4.39 Å². The Morgan fingerprint density at radius 1 is 1.18 bits per heavy atom. The molecule has 1 N–H and O–H groups in total. The average molecular weight is 544 g/mol. The number of benzene rings is 1. The van der Waals surface area contributed by atoms with E-state index in [9.17, 15) is 17.6 Å². The summed E-state index contributed by atoms with van der Waals surface area (Å²) in [5.41, 5.74) is 1.47. The first-order chi connectivity index (χ1) is 16.2. The molecule has 1 aliphatic carbocycles. The van der Waals surface area contributed by atoms with Crippen LogP contribution in [0.1, 0.15) is 29.4 Å². The zero-order valence-corrected chi connectivity index (χ0v) is 20.4. The van der Waals surface area contributed by atoms with Crippen molar-refractivity contribution >= 4 is 42.9 Å². The molecule has 0 aliphatic heterocycles. The molecule has 7 nitrogen and oxygen atoms in total. The summed E-state index contributed by atoms with van der Waals surface area (Å²) < 4.78 is 45.2. The van der Waals surface area contributed by atoms with Gasteiger partial charge in [-0.3, -0.25) is 9.78 Å². The van der Waals surface area contributed by atoms with E-state index in [4.69, 9.17) is 4.18 Å². The molecular weight excluding hydrogens is 525 g/mol. The zero-order chi connectivity index (χ0) is 24.3. The number of nitrogens with zero attached hydrogens (tertiary/aromatic N) is 2. The second kappa shape index (κ2) is 9.86. The van der Waals surface area contributed by atoms with Crippen molar-refractivity contribution < 1.29 is 21.8 Å². The number of nitrogens with one attached hydrogen (secondary N) is 1. The van der Waals surface area contributed by atoms with Crippen molar-refractivity contribution in [3.8, 4) is 5.75 Å². The standard InChI is InChI=1S/C24H19BrFN3O4S/c1-15-4-2-5-18(12-7-15)34(31,32)33-22-20-19(6-3-13-27-20)23(25)29-21(22)24(30)28-14-16-8-10-17(26)11-9-16/h3-13H,2,14H2,1H3,(H,28,30). The van der Waals surface area contributed by atoms with Crippen LogP contribution in [0.5, 0.6) is 5.75 Å². The predicted octanol–water partition coefficient (Wildman–Crippen LogP) is 4.96. The van der Waals surface area contributed by atoms with Crippen LogP contribution < -0.4 is 9.50 Å². The molecule has 1 aromatic carbocycles. The van der Waals surface area contributed by atoms with Crippen LogP contribution in [0.2, 0.25) is 0 Å². The monoisotopic (exact) mass is 543 g/mol. The molecule has 0 atom stereocenters. The number of hydrogen-bond acceptors (Lipinski definition) is 6. The van der Waals surface area contributed by atoms with E-state index in [-0.39, 0.29) is 28.4 Å². The second-order valence-electron chi connectivity index (χ2n) is 7.45. The average Bonchev–Trinajstić information content (AvgIpc) is 3.05. The summed E-state index contributed by atoms with van der Waals surface area (Å²) in [6.07, 6.45) is 8.41. The van der Waals surface area contributed by atoms with E-state index in [1.165, 1.54) is 42.6 Å². The number of amides is 1. The molecule has 4 rings (SSSR count). The van der Waals surface area contributed by atoms with Gasteiger partial charge >= 0.3 is 10.1 Å². The van der Waals surface area contributed by atoms with Crippen molar-refractivity contribution in [2.75, 3.05) is 0 Å². The van der Waals surface area contributed by atoms with Crippen molar-refractivity contribution in [2.24, 2.45) is 0 Å². The Morgan fingerprint density at radius 3 is 2.71 bits per heavy atom. The van der Waals surface area contributed by atoms with Gasteiger partial charge in [-0.15, -0.1) is 0 Å². The van der Waals surface area contributed by atoms with Gasteiger partial charge in [-0.1, -0.05) is 35.9 Å². The highest BCUT2D eigenvalue weighted by molar-refractivity contribution is 9.10. The molecule has 2 heterocycles. The van der Waals surface area contributed by atoms with E-state index in [0.29, 0.717) is 22.0 Å². The van der Waals surface area contributed by atoms with E-state index < -0.39 is 21.8 Å². The molecule has 0 radical (unpaired) electrons. The maximum Gasteiger partial charge on any atom is 0.339 e. The third-order valence-electron chi connectivity index (χ3n) is 5.00. The lowest BCUT2D eigenvalue weighted by Crippen LogP contribution is -2.25. The van der Waals surface area contributed by atoms with Gasteiger partial charge in [0.2, 0.25) is 5.75 Å². The third kappa shape index (κ3) is 5.23. The number of carbonyl (C=O) groups excluding carboxylic acids is 1. The van der Waals surface area contributed by atoms with E-state index in [1.54, 1.807) is 18.2 Å². The first-order valence-corrected chi connectivity index (χ1v) is 12.4. The summed E-state index contributed by atoms with van der Waals surface area (Å²) >= 11 is 3.32. The molecule has 3 aromatic rings. The first-order valence-electron chi connectivity index (χ1n) is 10.2. The number of pyridine rings is 2. The fraction of sp³-hybridized carbons (Fsp3) is 0.125. The molecule has 0 bridgehead atoms. The van der Waals surface area contributed by atoms with Gasteiger partial charge in [-0.05, 0) is 65.2 Å². The molecule has 1 aliphatic rings. The normalized spacial score (nSPS) is 13.7. The van der Waals surface area contributed by atoms with Gasteiger partial charge in [0.15, 0.2) is 5.69 Å². The topological polar surface area (TPSA) is 98.2 Å². The van der Waals surface area contributed by atoms with Crippen molar-refractivity contribution in [3.05, 3.63) is 99.1 Å². The highest BCUT2D eigenvalue weighted by atomic mass is 79.9. The molecule has 1 amide bonds. The summed E-state index contributed by atoms with van der Waals surface area (Å²) in [7, 11) is -4.29. The van der Waals surface area contributed by atoms with Crippen LogP contribution in [0.3, 0.4) is 0 Å². The highest BCUT2D eigenvalue weighted by Gasteiger charge is 2.27. The lowest BCUT2D eigenvalue weighted by atomic mass is 10.2. The van der Waals surface area contributed by atoms with Crippen LogP contribution in [0.15, 0.2) is 82.0 Å². The summed E-state index contributed by atoms with van der Waals surface area (Å²) in [5, 5.41) is 3.14. The SMILES string of the molecule is CC1=CCC=C(S(=O)(=O)Oc2c(C(=O)NCc3ccc(F)cc3)nc(Br)c3cccnc23)C=C1. The van der Waals surface area contributed by atoms with Gasteiger partial charge in [0, 0.05) is 18.1 Å². The predicted molar refractivity (Wildman–Crippen MR) is 130 cm³/mol. The van der Waals surface area contributed by atoms with Crippen molar-refractivity contribution in [1.82, 2.24) is 15.3 Å². The highest BCUT2D eigenvalue weighted by Crippen LogP contribution is 2.34. The third-order valence-corrected chi connectivity index (χ3v) is 6.87. The lowest BCUT2D eigenvalue weighted by Gasteiger charge is -2.14. The van der Waals surface area contributed by atoms with Gasteiger partial charge in [-0.2, -0.15) is 8.42 Å². The maximum absolute atomic E-state index is 13.2. The zero-order valence-electron chi connectivity index (χ0n) is 18.0. The number of aromatic nitrogens is 2. The number of carbonyl (C=O) groups is 1. The molecule has 2 aromatic heterocycles. The van der Waals surface area contributed by atoms with Crippen molar-refractivity contribution in [2.45, 2.75) is 19.9 Å². The summed E-state index contributed by atoms with van der Waals surface area (Å²) in [5.74, 6) is -1.35. The number of allylic oxidation sites excluding steroid dienone is 5. The van der Waals surface area contributed by atoms with Crippen LogP contribution in [0, 0.1) is 5.82 Å². The fourth-order valence-electron chi connectivity index (χ4n) is 3.23. The molecule has 0 saturated carbocycles. The molecule has 0 fully saturated rings. The molecule has 0 spiro atoms. The Bertz CT molecular complexity index is 1470. The summed E-state index contributed by atoms with van der Waals surface area (Å²) in [6.45, 7) is 1.93. The Morgan fingerprint density at radius 2 is 1.94 bits per heavy atom. The van der Waals surface area contributed by atoms with E-state index in [0.717, 1.165) is 5.57 Å². The fourth-order valence-corrected chi connectivity index (χ4v) is 4.73. The van der Waals surface area contributed by atoms with E-state index in [2.05, 4.69) is 31.2 Å². The number of rotatable bonds is 6. The molecule has 34 heavy (non-hydrogen) atoms. The van der Waals surface area contributed by atoms with Gasteiger partial charge in [0.25, 0.3) is 5.91 Å². The van der Waals surface area contributed by atoms with E-state index >= 15 is 0 Å². The molecule has 10 heteroatoms. The number of halogens is 2. The lowest BCUT2D eigenvalue weighted by molar-refractivity contribution is 0.0944. The van der Waals surface area contributed by atoms with Gasteiger partial charge in [0.05, 0.1) is 0 Å². The second-order valence-corrected chi connectivity index (χ2v) is 9.75. The Hall–Kier alpha value is -3.37. The van der Waals surface area contributed by atoms with Gasteiger partial charge < -0.3 is 9.50 Å². The van der Waals surface area contributed by atoms with Crippen LogP contribution in [-0.4, -0.2) is 24.3 Å². The number of fused-ring (bicyclic) bond motifs is 1. The molecule has 0 saturated heterocycles. The van der Waals surface area contributed by atoms with Crippen LogP contribution in [0.25, 0.3) is 10.9 Å². The Kier molecular flexibility index (Phi) is 6.90. The van der Waals surface area contributed by atoms with Gasteiger partial charge in [0.1, 0.15) is 20.8 Å². The van der Waals surface area contributed by atoms with Crippen molar-refractivity contribution in [3.63, 3.8) is 0 Å². The summed E-state index contributed by atoms with van der Waals surface area (Å²) in [6, 6.07) is 8.96. The molecule has 174 valence electrons. The number of hydrogen-bond donors (Lipinski definition) is 1. The van der Waals surface area contributed by atoms with Crippen molar-refractivity contribution in [1.29, 1.82) is 0 Å². The largest absolute Gasteiger partial charge is 0.374 e. The first kappa shape index (κ1) is 23.8. The molecule has 0 unspecified atom stereocenters. The molecular formula is C24H19BrFN3O4S. The van der Waals surface area contributed by atoms with Crippen LogP contribution in [-0.2, 0) is 16.7 Å². The Labute approximate surface area is 204 Å². The quantitative estimate of drug-likeness (QED) is 0.348. The van der Waals surface area contributed by atoms with Crippen LogP contribution >= 0.6 is 15.9 Å². The minimum Gasteiger partial charge on any atom is -0.374 e. The minimum atomic E-state index is -4.29. The summed E-state index contributed by atoms with van der Waals surface area (Å²) in [4.78, 5) is 21.5. The maximum atomic E-state index is 13.2. The Balaban J connectivity index is 1.72. The van der Waals surface area contributed by atoms with Gasteiger partial charge in [-0.25, -0.2) is 9.37 Å². The smallest absolute Gasteiger partial charge is 0.339 e. The van der Waals surface area contributed by atoms with E-state index in [1.807, 2.05) is 13.0 Å².